The van der Waals surface area contributed by atoms with Gasteiger partial charge in [0.05, 0.1) is 10.0 Å². The topological polar surface area (TPSA) is 73.1 Å². The van der Waals surface area contributed by atoms with Gasteiger partial charge < -0.3 is 10.2 Å². The molecule has 19 heavy (non-hydrogen) atoms. The highest BCUT2D eigenvalue weighted by molar-refractivity contribution is 9.10. The Morgan fingerprint density at radius 3 is 2.84 bits per heavy atom. The summed E-state index contributed by atoms with van der Waals surface area (Å²) in [5, 5.41) is 0. The zero-order valence-electron chi connectivity index (χ0n) is 10.2. The Hall–Kier alpha value is -1.73. The second-order valence-corrected chi connectivity index (χ2v) is 4.54. The molecule has 3 N–H and O–H groups in total. The molecule has 100 valence electrons. The quantitative estimate of drug-likeness (QED) is 0.667. The molecule has 1 aromatic carbocycles. The number of nitrogens with two attached hydrogens (primary N) is 1. The predicted molar refractivity (Wildman–Crippen MR) is 73.4 cm³/mol. The third-order valence-electron chi connectivity index (χ3n) is 2.50. The number of hydrogen-bond donors (Lipinski definition) is 2. The van der Waals surface area contributed by atoms with E-state index in [1.54, 1.807) is 12.1 Å². The third-order valence-corrected chi connectivity index (χ3v) is 3.14. The van der Waals surface area contributed by atoms with Crippen molar-refractivity contribution in [2.24, 2.45) is 5.84 Å². The highest BCUT2D eigenvalue weighted by Crippen LogP contribution is 2.29. The van der Waals surface area contributed by atoms with E-state index in [0.717, 1.165) is 5.56 Å². The van der Waals surface area contributed by atoms with Crippen LogP contribution in [0.3, 0.4) is 0 Å². The maximum atomic E-state index is 13.4. The lowest BCUT2D eigenvalue weighted by Gasteiger charge is -2.11. The summed E-state index contributed by atoms with van der Waals surface area (Å²) in [6.07, 6.45) is 1.97. The lowest BCUT2D eigenvalue weighted by molar-refractivity contribution is 0.450. The van der Waals surface area contributed by atoms with Crippen LogP contribution in [0.1, 0.15) is 12.5 Å². The second kappa shape index (κ2) is 5.94. The fourth-order valence-corrected chi connectivity index (χ4v) is 1.83. The van der Waals surface area contributed by atoms with Crippen LogP contribution in [-0.4, -0.2) is 9.97 Å². The maximum Gasteiger partial charge on any atom is 0.227 e. The first-order valence-corrected chi connectivity index (χ1v) is 6.38. The zero-order chi connectivity index (χ0) is 13.8. The molecule has 1 heterocycles. The Balaban J connectivity index is 2.35. The van der Waals surface area contributed by atoms with Crippen molar-refractivity contribution in [3.8, 4) is 11.6 Å². The first-order valence-electron chi connectivity index (χ1n) is 5.59. The summed E-state index contributed by atoms with van der Waals surface area (Å²) >= 11 is 3.08. The van der Waals surface area contributed by atoms with Gasteiger partial charge >= 0.3 is 0 Å². The van der Waals surface area contributed by atoms with Crippen molar-refractivity contribution in [3.05, 3.63) is 40.4 Å². The van der Waals surface area contributed by atoms with Gasteiger partial charge in [0.1, 0.15) is 23.7 Å². The molecule has 5 nitrogen and oxygen atoms in total. The Kier molecular flexibility index (Phi) is 4.28. The molecule has 0 spiro atoms. The Morgan fingerprint density at radius 2 is 2.21 bits per heavy atom. The summed E-state index contributed by atoms with van der Waals surface area (Å²) in [7, 11) is 0. The van der Waals surface area contributed by atoms with Crippen molar-refractivity contribution < 1.29 is 9.13 Å². The van der Waals surface area contributed by atoms with Crippen molar-refractivity contribution in [2.45, 2.75) is 13.3 Å². The van der Waals surface area contributed by atoms with Crippen molar-refractivity contribution in [3.63, 3.8) is 0 Å². The molecule has 0 radical (unpaired) electrons. The minimum Gasteiger partial charge on any atom is -0.438 e. The Morgan fingerprint density at radius 1 is 1.42 bits per heavy atom. The molecule has 0 fully saturated rings. The number of nitrogens with one attached hydrogen (secondary N) is 1. The van der Waals surface area contributed by atoms with Crippen molar-refractivity contribution in [1.82, 2.24) is 9.97 Å². The van der Waals surface area contributed by atoms with Gasteiger partial charge in [-0.1, -0.05) is 6.92 Å². The number of aromatic nitrogens is 2. The number of rotatable bonds is 4. The van der Waals surface area contributed by atoms with Crippen molar-refractivity contribution >= 4 is 21.7 Å². The highest BCUT2D eigenvalue weighted by atomic mass is 79.9. The molecule has 0 bridgehead atoms. The third kappa shape index (κ3) is 2.99. The van der Waals surface area contributed by atoms with E-state index in [-0.39, 0.29) is 0 Å². The molecule has 2 aromatic rings. The summed E-state index contributed by atoms with van der Waals surface area (Å²) in [4.78, 5) is 8.04. The fourth-order valence-electron chi connectivity index (χ4n) is 1.58. The van der Waals surface area contributed by atoms with Crippen LogP contribution in [0.25, 0.3) is 0 Å². The second-order valence-electron chi connectivity index (χ2n) is 3.68. The van der Waals surface area contributed by atoms with Crippen LogP contribution in [-0.2, 0) is 6.42 Å². The lowest BCUT2D eigenvalue weighted by atomic mass is 10.2. The minimum absolute atomic E-state index is 0.354. The molecular weight excluding hydrogens is 315 g/mol. The standard InChI is InChI=1S/C12H12BrFN4O/c1-2-8-11(18-15)16-6-17-12(8)19-7-3-4-9(13)10(14)5-7/h3-6H,2,15H2,1H3,(H,16,17,18). The summed E-state index contributed by atoms with van der Waals surface area (Å²) in [5.41, 5.74) is 3.21. The van der Waals surface area contributed by atoms with Gasteiger partial charge in [-0.2, -0.15) is 0 Å². The number of nitrogen functional groups attached to an aromatic ring is 1. The van der Waals surface area contributed by atoms with Crippen LogP contribution >= 0.6 is 15.9 Å². The van der Waals surface area contributed by atoms with Gasteiger partial charge in [0.2, 0.25) is 5.88 Å². The monoisotopic (exact) mass is 326 g/mol. The number of nitrogens with zero attached hydrogens (tertiary/aromatic N) is 2. The molecule has 0 unspecified atom stereocenters. The molecular formula is C12H12BrFN4O. The van der Waals surface area contributed by atoms with Crippen molar-refractivity contribution in [1.29, 1.82) is 0 Å². The Labute approximate surface area is 118 Å². The molecule has 0 saturated heterocycles. The summed E-state index contributed by atoms with van der Waals surface area (Å²) < 4.78 is 19.4. The van der Waals surface area contributed by atoms with Crippen LogP contribution in [0.15, 0.2) is 29.0 Å². The van der Waals surface area contributed by atoms with Gasteiger partial charge in [0.25, 0.3) is 0 Å². The summed E-state index contributed by atoms with van der Waals surface area (Å²) in [5.74, 6) is 6.17. The highest BCUT2D eigenvalue weighted by Gasteiger charge is 2.12. The first kappa shape index (κ1) is 13.7. The Bertz CT molecular complexity index is 594. The number of ether oxygens (including phenoxy) is 1. The normalized spacial score (nSPS) is 10.3. The van der Waals surface area contributed by atoms with Gasteiger partial charge in [-0.25, -0.2) is 20.2 Å². The van der Waals surface area contributed by atoms with Crippen LogP contribution in [0.2, 0.25) is 0 Å². The smallest absolute Gasteiger partial charge is 0.227 e. The van der Waals surface area contributed by atoms with E-state index in [4.69, 9.17) is 10.6 Å². The van der Waals surface area contributed by atoms with Crippen LogP contribution in [0, 0.1) is 5.82 Å². The van der Waals surface area contributed by atoms with Crippen LogP contribution in [0.5, 0.6) is 11.6 Å². The van der Waals surface area contributed by atoms with Gasteiger partial charge in [0, 0.05) is 6.07 Å². The summed E-state index contributed by atoms with van der Waals surface area (Å²) in [6, 6.07) is 4.49. The molecule has 0 aliphatic heterocycles. The predicted octanol–water partition coefficient (Wildman–Crippen LogP) is 3.02. The molecule has 1 aromatic heterocycles. The van der Waals surface area contributed by atoms with Gasteiger partial charge in [-0.3, -0.25) is 0 Å². The molecule has 0 aliphatic rings. The van der Waals surface area contributed by atoms with E-state index in [1.807, 2.05) is 6.92 Å². The zero-order valence-corrected chi connectivity index (χ0v) is 11.7. The molecule has 0 atom stereocenters. The molecule has 0 aliphatic carbocycles. The number of hydrogen-bond acceptors (Lipinski definition) is 5. The van der Waals surface area contributed by atoms with Gasteiger partial charge in [-0.05, 0) is 34.5 Å². The lowest BCUT2D eigenvalue weighted by Crippen LogP contribution is -2.12. The number of benzene rings is 1. The largest absolute Gasteiger partial charge is 0.438 e. The first-order chi connectivity index (χ1) is 9.15. The number of anilines is 1. The van der Waals surface area contributed by atoms with E-state index in [9.17, 15) is 4.39 Å². The molecule has 0 amide bonds. The molecule has 0 saturated carbocycles. The van der Waals surface area contributed by atoms with E-state index in [2.05, 4.69) is 31.3 Å². The van der Waals surface area contributed by atoms with E-state index in [1.165, 1.54) is 12.4 Å². The maximum absolute atomic E-state index is 13.4. The van der Waals surface area contributed by atoms with Crippen LogP contribution < -0.4 is 16.0 Å². The molecule has 7 heteroatoms. The van der Waals surface area contributed by atoms with Gasteiger partial charge in [0.15, 0.2) is 0 Å². The van der Waals surface area contributed by atoms with E-state index in [0.29, 0.717) is 28.3 Å². The molecule has 2 rings (SSSR count). The SMILES string of the molecule is CCc1c(NN)ncnc1Oc1ccc(Br)c(F)c1. The number of hydrazine groups is 1. The van der Waals surface area contributed by atoms with E-state index >= 15 is 0 Å². The van der Waals surface area contributed by atoms with E-state index < -0.39 is 5.82 Å². The summed E-state index contributed by atoms with van der Waals surface area (Å²) in [6.45, 7) is 1.93. The van der Waals surface area contributed by atoms with Crippen molar-refractivity contribution in [2.75, 3.05) is 5.43 Å². The fraction of sp³-hybridized carbons (Fsp3) is 0.167. The number of halogens is 2. The van der Waals surface area contributed by atoms with Crippen LogP contribution in [0.4, 0.5) is 10.2 Å². The van der Waals surface area contributed by atoms with Gasteiger partial charge in [-0.15, -0.1) is 0 Å². The average Bonchev–Trinajstić information content (AvgIpc) is 2.42. The minimum atomic E-state index is -0.401. The average molecular weight is 327 g/mol.